The van der Waals surface area contributed by atoms with E-state index in [1.54, 1.807) is 0 Å². The summed E-state index contributed by atoms with van der Waals surface area (Å²) in [5.41, 5.74) is 1.24. The number of unbranched alkanes of at least 4 members (excludes halogenated alkanes) is 1. The van der Waals surface area contributed by atoms with Gasteiger partial charge in [0, 0.05) is 12.3 Å². The molecule has 1 saturated heterocycles. The SMILES string of the molecule is CCCCSN1CC[C@H](O)C1c1ccccc1. The molecule has 2 nitrogen and oxygen atoms in total. The van der Waals surface area contributed by atoms with Crippen LogP contribution in [0.5, 0.6) is 0 Å². The first-order valence-electron chi connectivity index (χ1n) is 6.45. The molecule has 0 bridgehead atoms. The molecule has 1 aliphatic rings. The zero-order valence-corrected chi connectivity index (χ0v) is 11.2. The van der Waals surface area contributed by atoms with Crippen LogP contribution < -0.4 is 0 Å². The summed E-state index contributed by atoms with van der Waals surface area (Å²) in [7, 11) is 0. The molecule has 2 atom stereocenters. The molecule has 1 aromatic rings. The van der Waals surface area contributed by atoms with Crippen molar-refractivity contribution < 1.29 is 5.11 Å². The van der Waals surface area contributed by atoms with E-state index >= 15 is 0 Å². The molecule has 17 heavy (non-hydrogen) atoms. The van der Waals surface area contributed by atoms with Gasteiger partial charge in [0.15, 0.2) is 0 Å². The van der Waals surface area contributed by atoms with E-state index in [1.807, 2.05) is 18.0 Å². The molecular weight excluding hydrogens is 230 g/mol. The van der Waals surface area contributed by atoms with Crippen LogP contribution in [0.25, 0.3) is 0 Å². The zero-order valence-electron chi connectivity index (χ0n) is 10.4. The Labute approximate surface area is 108 Å². The van der Waals surface area contributed by atoms with Crippen LogP contribution in [0.4, 0.5) is 0 Å². The first kappa shape index (κ1) is 12.9. The lowest BCUT2D eigenvalue weighted by atomic mass is 10.0. The van der Waals surface area contributed by atoms with Gasteiger partial charge >= 0.3 is 0 Å². The maximum atomic E-state index is 10.1. The Hall–Kier alpha value is -0.510. The van der Waals surface area contributed by atoms with Crippen molar-refractivity contribution in [3.8, 4) is 0 Å². The second kappa shape index (κ2) is 6.43. The number of hydrogen-bond donors (Lipinski definition) is 1. The minimum absolute atomic E-state index is 0.179. The van der Waals surface area contributed by atoms with Crippen molar-refractivity contribution in [3.05, 3.63) is 35.9 Å². The predicted molar refractivity (Wildman–Crippen MR) is 73.9 cm³/mol. The molecule has 0 aliphatic carbocycles. The topological polar surface area (TPSA) is 23.5 Å². The Morgan fingerprint density at radius 1 is 1.35 bits per heavy atom. The Balaban J connectivity index is 2.01. The third kappa shape index (κ3) is 3.24. The normalized spacial score (nSPS) is 25.3. The van der Waals surface area contributed by atoms with Crippen LogP contribution in [0.3, 0.4) is 0 Å². The van der Waals surface area contributed by atoms with E-state index < -0.39 is 0 Å². The molecular formula is C14H21NOS. The maximum Gasteiger partial charge on any atom is 0.0758 e. The number of benzene rings is 1. The summed E-state index contributed by atoms with van der Waals surface area (Å²) in [6.45, 7) is 3.21. The Morgan fingerprint density at radius 3 is 2.82 bits per heavy atom. The van der Waals surface area contributed by atoms with E-state index in [4.69, 9.17) is 0 Å². The van der Waals surface area contributed by atoms with Gasteiger partial charge in [-0.2, -0.15) is 0 Å². The van der Waals surface area contributed by atoms with Crippen LogP contribution in [0.15, 0.2) is 30.3 Å². The van der Waals surface area contributed by atoms with Crippen molar-refractivity contribution >= 4 is 11.9 Å². The van der Waals surface area contributed by atoms with Gasteiger partial charge in [0.05, 0.1) is 12.1 Å². The van der Waals surface area contributed by atoms with E-state index in [2.05, 4.69) is 35.5 Å². The first-order chi connectivity index (χ1) is 8.33. The zero-order chi connectivity index (χ0) is 12.1. The summed E-state index contributed by atoms with van der Waals surface area (Å²) >= 11 is 1.89. The van der Waals surface area contributed by atoms with E-state index in [-0.39, 0.29) is 12.1 Å². The largest absolute Gasteiger partial charge is 0.391 e. The molecule has 3 heteroatoms. The molecule has 0 saturated carbocycles. The van der Waals surface area contributed by atoms with E-state index in [1.165, 1.54) is 18.4 Å². The second-order valence-corrected chi connectivity index (χ2v) is 5.67. The second-order valence-electron chi connectivity index (χ2n) is 4.54. The van der Waals surface area contributed by atoms with Gasteiger partial charge in [-0.3, -0.25) is 0 Å². The van der Waals surface area contributed by atoms with E-state index in [0.717, 1.165) is 18.7 Å². The van der Waals surface area contributed by atoms with Crippen LogP contribution >= 0.6 is 11.9 Å². The summed E-state index contributed by atoms with van der Waals surface area (Å²) in [5, 5.41) is 10.1. The van der Waals surface area contributed by atoms with Gasteiger partial charge in [-0.05, 0) is 18.4 Å². The fraction of sp³-hybridized carbons (Fsp3) is 0.571. The average molecular weight is 251 g/mol. The van der Waals surface area contributed by atoms with Gasteiger partial charge < -0.3 is 5.11 Å². The smallest absolute Gasteiger partial charge is 0.0758 e. The minimum Gasteiger partial charge on any atom is -0.391 e. The van der Waals surface area contributed by atoms with E-state index in [9.17, 15) is 5.11 Å². The van der Waals surface area contributed by atoms with Gasteiger partial charge in [-0.25, -0.2) is 4.31 Å². The molecule has 1 N–H and O–H groups in total. The fourth-order valence-electron chi connectivity index (χ4n) is 2.26. The third-order valence-electron chi connectivity index (χ3n) is 3.22. The van der Waals surface area contributed by atoms with Crippen molar-refractivity contribution in [2.45, 2.75) is 38.3 Å². The molecule has 1 heterocycles. The summed E-state index contributed by atoms with van der Waals surface area (Å²) in [4.78, 5) is 0. The monoisotopic (exact) mass is 251 g/mol. The molecule has 0 amide bonds. The number of rotatable bonds is 5. The Morgan fingerprint density at radius 2 is 2.12 bits per heavy atom. The summed E-state index contributed by atoms with van der Waals surface area (Å²) in [5.74, 6) is 1.16. The Kier molecular flexibility index (Phi) is 4.89. The molecule has 1 aromatic carbocycles. The quantitative estimate of drug-likeness (QED) is 0.642. The highest BCUT2D eigenvalue weighted by atomic mass is 32.2. The summed E-state index contributed by atoms with van der Waals surface area (Å²) in [6, 6.07) is 10.5. The van der Waals surface area contributed by atoms with Gasteiger partial charge in [-0.1, -0.05) is 55.6 Å². The third-order valence-corrected chi connectivity index (χ3v) is 4.43. The van der Waals surface area contributed by atoms with E-state index in [0.29, 0.717) is 0 Å². The Bertz CT molecular complexity index is 330. The average Bonchev–Trinajstić information content (AvgIpc) is 2.72. The van der Waals surface area contributed by atoms with Gasteiger partial charge in [0.1, 0.15) is 0 Å². The van der Waals surface area contributed by atoms with Crippen LogP contribution in [0.1, 0.15) is 37.8 Å². The van der Waals surface area contributed by atoms with Gasteiger partial charge in [-0.15, -0.1) is 0 Å². The highest BCUT2D eigenvalue weighted by Gasteiger charge is 2.34. The lowest BCUT2D eigenvalue weighted by Crippen LogP contribution is -2.22. The minimum atomic E-state index is -0.216. The molecule has 0 radical (unpaired) electrons. The summed E-state index contributed by atoms with van der Waals surface area (Å²) in [6.07, 6.45) is 3.16. The molecule has 0 spiro atoms. The van der Waals surface area contributed by atoms with Gasteiger partial charge in [0.2, 0.25) is 0 Å². The highest BCUT2D eigenvalue weighted by Crippen LogP contribution is 2.37. The van der Waals surface area contributed by atoms with Crippen molar-refractivity contribution in [1.29, 1.82) is 0 Å². The van der Waals surface area contributed by atoms with Crippen molar-refractivity contribution in [2.75, 3.05) is 12.3 Å². The molecule has 0 aromatic heterocycles. The standard InChI is InChI=1S/C14H21NOS/c1-2-3-11-17-15-10-9-13(16)14(15)12-7-5-4-6-8-12/h4-8,13-14,16H,2-3,9-11H2,1H3/t13-,14?/m0/s1. The number of aliphatic hydroxyl groups is 1. The van der Waals surface area contributed by atoms with Crippen molar-refractivity contribution in [1.82, 2.24) is 4.31 Å². The summed E-state index contributed by atoms with van der Waals surface area (Å²) < 4.78 is 2.36. The molecule has 1 unspecified atom stereocenters. The van der Waals surface area contributed by atoms with Crippen LogP contribution in [0.2, 0.25) is 0 Å². The van der Waals surface area contributed by atoms with Gasteiger partial charge in [0.25, 0.3) is 0 Å². The number of aliphatic hydroxyl groups excluding tert-OH is 1. The predicted octanol–water partition coefficient (Wildman–Crippen LogP) is 3.24. The van der Waals surface area contributed by atoms with Crippen LogP contribution in [-0.2, 0) is 0 Å². The van der Waals surface area contributed by atoms with Crippen LogP contribution in [-0.4, -0.2) is 27.8 Å². The van der Waals surface area contributed by atoms with Crippen molar-refractivity contribution in [2.24, 2.45) is 0 Å². The highest BCUT2D eigenvalue weighted by molar-refractivity contribution is 7.97. The molecule has 1 fully saturated rings. The lowest BCUT2D eigenvalue weighted by molar-refractivity contribution is 0.145. The molecule has 2 rings (SSSR count). The molecule has 1 aliphatic heterocycles. The van der Waals surface area contributed by atoms with Crippen molar-refractivity contribution in [3.63, 3.8) is 0 Å². The fourth-order valence-corrected chi connectivity index (χ4v) is 3.57. The number of hydrogen-bond acceptors (Lipinski definition) is 3. The van der Waals surface area contributed by atoms with Crippen LogP contribution in [0, 0.1) is 0 Å². The first-order valence-corrected chi connectivity index (χ1v) is 7.39. The number of nitrogens with zero attached hydrogens (tertiary/aromatic N) is 1. The lowest BCUT2D eigenvalue weighted by Gasteiger charge is -2.25. The maximum absolute atomic E-state index is 10.1. The molecule has 94 valence electrons.